The molecule has 1 amide bonds. The number of pyridine rings is 1. The molecule has 1 atom stereocenters. The van der Waals surface area contributed by atoms with Crippen molar-refractivity contribution in [2.45, 2.75) is 51.1 Å². The van der Waals surface area contributed by atoms with Crippen LogP contribution in [-0.4, -0.2) is 47.3 Å². The Labute approximate surface area is 207 Å². The molecule has 1 aromatic heterocycles. The molecule has 10 heteroatoms. The van der Waals surface area contributed by atoms with Crippen LogP contribution in [0.4, 0.5) is 18.0 Å². The van der Waals surface area contributed by atoms with Gasteiger partial charge in [-0.2, -0.15) is 13.2 Å². The van der Waals surface area contributed by atoms with Crippen molar-refractivity contribution in [2.75, 3.05) is 20.2 Å². The molecular weight excluding hydrogens is 483 g/mol. The van der Waals surface area contributed by atoms with E-state index in [1.54, 1.807) is 32.8 Å². The highest BCUT2D eigenvalue weighted by molar-refractivity contribution is 6.30. The number of benzene rings is 1. The molecule has 1 fully saturated rings. The second kappa shape index (κ2) is 10.3. The quantitative estimate of drug-likeness (QED) is 0.448. The lowest BCUT2D eigenvalue weighted by atomic mass is 9.98. The Balaban J connectivity index is 1.85. The molecule has 0 saturated carbocycles. The van der Waals surface area contributed by atoms with Crippen LogP contribution in [0.2, 0.25) is 5.15 Å². The van der Waals surface area contributed by atoms with Gasteiger partial charge in [0.05, 0.1) is 19.2 Å². The van der Waals surface area contributed by atoms with Crippen LogP contribution in [0, 0.1) is 11.8 Å². The summed E-state index contributed by atoms with van der Waals surface area (Å²) in [7, 11) is 1.59. The van der Waals surface area contributed by atoms with Crippen LogP contribution in [0.1, 0.15) is 44.0 Å². The Bertz CT molecular complexity index is 1120. The predicted octanol–water partition coefficient (Wildman–Crippen LogP) is 5.28. The van der Waals surface area contributed by atoms with Gasteiger partial charge >= 0.3 is 12.3 Å². The lowest BCUT2D eigenvalue weighted by Gasteiger charge is -2.27. The Morgan fingerprint density at radius 2 is 1.89 bits per heavy atom. The highest BCUT2D eigenvalue weighted by atomic mass is 35.5. The first-order valence-corrected chi connectivity index (χ1v) is 11.3. The van der Waals surface area contributed by atoms with E-state index in [0.29, 0.717) is 19.5 Å². The van der Waals surface area contributed by atoms with Gasteiger partial charge in [0.15, 0.2) is 0 Å². The minimum Gasteiger partial charge on any atom is -0.497 e. The number of likely N-dealkylation sites (tertiary alicyclic amines) is 1. The lowest BCUT2D eigenvalue weighted by Crippen LogP contribution is -2.47. The zero-order chi connectivity index (χ0) is 25.9. The zero-order valence-electron chi connectivity index (χ0n) is 19.9. The molecule has 0 spiro atoms. The molecule has 188 valence electrons. The third kappa shape index (κ3) is 7.26. The molecule has 1 unspecified atom stereocenters. The average Bonchev–Trinajstić information content (AvgIpc) is 3.20. The third-order valence-corrected chi connectivity index (χ3v) is 5.57. The van der Waals surface area contributed by atoms with Gasteiger partial charge in [-0.15, -0.1) is 0 Å². The summed E-state index contributed by atoms with van der Waals surface area (Å²) in [6.45, 7) is 6.44. The van der Waals surface area contributed by atoms with Gasteiger partial charge in [-0.3, -0.25) is 5.32 Å². The first-order valence-electron chi connectivity index (χ1n) is 10.9. The minimum atomic E-state index is -4.60. The summed E-state index contributed by atoms with van der Waals surface area (Å²) in [4.78, 5) is 17.6. The topological polar surface area (TPSA) is 63.7 Å². The standard InChI is InChI=1S/C25H27ClF3N3O3/c1-23(2,3)35-22(33)32-14-13-24(16-32,30-15-17-5-8-19(34-4)9-6-17)12-11-18-7-10-20(25(27,28)29)31-21(18)26/h5-10,30H,13-16H2,1-4H3. The normalized spacial score (nSPS) is 18.1. The van der Waals surface area contributed by atoms with E-state index in [0.717, 1.165) is 17.4 Å². The van der Waals surface area contributed by atoms with Gasteiger partial charge in [-0.25, -0.2) is 9.78 Å². The fourth-order valence-corrected chi connectivity index (χ4v) is 3.67. The molecule has 3 rings (SSSR count). The molecule has 0 bridgehead atoms. The number of aromatic nitrogens is 1. The van der Waals surface area contributed by atoms with Crippen molar-refractivity contribution in [1.82, 2.24) is 15.2 Å². The van der Waals surface area contributed by atoms with Crippen molar-refractivity contribution in [3.63, 3.8) is 0 Å². The fraction of sp³-hybridized carbons (Fsp3) is 0.440. The molecule has 0 aliphatic carbocycles. The summed E-state index contributed by atoms with van der Waals surface area (Å²) in [5.41, 5.74) is -1.43. The largest absolute Gasteiger partial charge is 0.497 e. The number of halogens is 4. The number of hydrogen-bond acceptors (Lipinski definition) is 5. The number of hydrogen-bond donors (Lipinski definition) is 1. The number of nitrogens with one attached hydrogen (secondary N) is 1. The maximum atomic E-state index is 12.9. The number of carbonyl (C=O) groups is 1. The Kier molecular flexibility index (Phi) is 7.87. The minimum absolute atomic E-state index is 0.168. The number of carbonyl (C=O) groups excluding carboxylic acids is 1. The van der Waals surface area contributed by atoms with Crippen molar-refractivity contribution < 1.29 is 27.4 Å². The predicted molar refractivity (Wildman–Crippen MR) is 126 cm³/mol. The molecule has 2 heterocycles. The molecule has 0 radical (unpaired) electrons. The van der Waals surface area contributed by atoms with Crippen LogP contribution in [0.25, 0.3) is 0 Å². The zero-order valence-corrected chi connectivity index (χ0v) is 20.7. The van der Waals surface area contributed by atoms with Crippen LogP contribution < -0.4 is 10.1 Å². The number of alkyl halides is 3. The van der Waals surface area contributed by atoms with Crippen molar-refractivity contribution in [3.8, 4) is 17.6 Å². The number of rotatable bonds is 4. The van der Waals surface area contributed by atoms with Crippen LogP contribution in [-0.2, 0) is 17.5 Å². The molecular formula is C25H27ClF3N3O3. The molecule has 1 aromatic carbocycles. The van der Waals surface area contributed by atoms with E-state index < -0.39 is 29.1 Å². The van der Waals surface area contributed by atoms with Gasteiger partial charge in [0.1, 0.15) is 27.7 Å². The average molecular weight is 510 g/mol. The van der Waals surface area contributed by atoms with Crippen molar-refractivity contribution >= 4 is 17.7 Å². The molecule has 2 aromatic rings. The number of methoxy groups -OCH3 is 1. The molecule has 6 nitrogen and oxygen atoms in total. The summed E-state index contributed by atoms with van der Waals surface area (Å²) < 4.78 is 49.4. The number of amides is 1. The van der Waals surface area contributed by atoms with Gasteiger partial charge in [0.25, 0.3) is 0 Å². The van der Waals surface area contributed by atoms with E-state index in [1.807, 2.05) is 24.3 Å². The number of ether oxygens (including phenoxy) is 2. The van der Waals surface area contributed by atoms with Crippen LogP contribution in [0.5, 0.6) is 5.75 Å². The summed E-state index contributed by atoms with van der Waals surface area (Å²) in [5, 5.41) is 3.08. The van der Waals surface area contributed by atoms with E-state index in [4.69, 9.17) is 21.1 Å². The van der Waals surface area contributed by atoms with Gasteiger partial charge in [-0.1, -0.05) is 35.6 Å². The monoisotopic (exact) mass is 509 g/mol. The van der Waals surface area contributed by atoms with Gasteiger partial charge in [-0.05, 0) is 57.0 Å². The maximum absolute atomic E-state index is 12.9. The summed E-state index contributed by atoms with van der Waals surface area (Å²) in [6.07, 6.45) is -4.57. The lowest BCUT2D eigenvalue weighted by molar-refractivity contribution is -0.141. The first-order chi connectivity index (χ1) is 16.3. The summed E-state index contributed by atoms with van der Waals surface area (Å²) in [6, 6.07) is 9.53. The summed E-state index contributed by atoms with van der Waals surface area (Å²) in [5.74, 6) is 6.70. The van der Waals surface area contributed by atoms with Crippen molar-refractivity contribution in [2.24, 2.45) is 0 Å². The highest BCUT2D eigenvalue weighted by Gasteiger charge is 2.40. The van der Waals surface area contributed by atoms with Crippen molar-refractivity contribution in [3.05, 3.63) is 58.4 Å². The first kappa shape index (κ1) is 26.6. The number of nitrogens with zero attached hydrogens (tertiary/aromatic N) is 2. The van der Waals surface area contributed by atoms with E-state index in [9.17, 15) is 18.0 Å². The Morgan fingerprint density at radius 1 is 1.20 bits per heavy atom. The summed E-state index contributed by atoms with van der Waals surface area (Å²) >= 11 is 5.99. The van der Waals surface area contributed by atoms with Crippen molar-refractivity contribution in [1.29, 1.82) is 0 Å². The SMILES string of the molecule is COc1ccc(CNC2(C#Cc3ccc(C(F)(F)F)nc3Cl)CCN(C(=O)OC(C)(C)C)C2)cc1. The Morgan fingerprint density at radius 3 is 2.46 bits per heavy atom. The molecule has 1 aliphatic heterocycles. The maximum Gasteiger partial charge on any atom is 0.433 e. The molecule has 35 heavy (non-hydrogen) atoms. The van der Waals surface area contributed by atoms with E-state index in [1.165, 1.54) is 6.07 Å². The van der Waals surface area contributed by atoms with Gasteiger partial charge in [0, 0.05) is 13.1 Å². The van der Waals surface area contributed by atoms with Crippen LogP contribution in [0.15, 0.2) is 36.4 Å². The molecule has 1 aliphatic rings. The molecule has 1 N–H and O–H groups in total. The van der Waals surface area contributed by atoms with E-state index in [-0.39, 0.29) is 17.3 Å². The third-order valence-electron chi connectivity index (χ3n) is 5.29. The molecule has 1 saturated heterocycles. The van der Waals surface area contributed by atoms with E-state index >= 15 is 0 Å². The van der Waals surface area contributed by atoms with E-state index in [2.05, 4.69) is 22.1 Å². The fourth-order valence-electron chi connectivity index (χ4n) is 3.47. The van der Waals surface area contributed by atoms with Gasteiger partial charge in [0.2, 0.25) is 0 Å². The smallest absolute Gasteiger partial charge is 0.433 e. The second-order valence-electron chi connectivity index (χ2n) is 9.22. The highest BCUT2D eigenvalue weighted by Crippen LogP contribution is 2.30. The Hall–Kier alpha value is -2.96. The van der Waals surface area contributed by atoms with Crippen LogP contribution in [0.3, 0.4) is 0 Å². The van der Waals surface area contributed by atoms with Crippen LogP contribution >= 0.6 is 11.6 Å². The van der Waals surface area contributed by atoms with Gasteiger partial charge < -0.3 is 14.4 Å². The second-order valence-corrected chi connectivity index (χ2v) is 9.58.